The van der Waals surface area contributed by atoms with Crippen LogP contribution in [-0.2, 0) is 4.79 Å². The number of amides is 1. The smallest absolute Gasteiger partial charge is 0.277 e. The Morgan fingerprint density at radius 2 is 2.07 bits per heavy atom. The minimum atomic E-state index is -0.314. The molecule has 0 bridgehead atoms. The van der Waals surface area contributed by atoms with Gasteiger partial charge >= 0.3 is 0 Å². The highest BCUT2D eigenvalue weighted by Gasteiger charge is 2.32. The van der Waals surface area contributed by atoms with Crippen LogP contribution < -0.4 is 9.47 Å². The molecule has 1 fully saturated rings. The maximum Gasteiger partial charge on any atom is 0.277 e. The summed E-state index contributed by atoms with van der Waals surface area (Å²) in [6.45, 7) is 0.768. The van der Waals surface area contributed by atoms with Gasteiger partial charge in [0.1, 0.15) is 11.2 Å². The van der Waals surface area contributed by atoms with Gasteiger partial charge in [-0.2, -0.15) is 0 Å². The zero-order valence-electron chi connectivity index (χ0n) is 15.6. The summed E-state index contributed by atoms with van der Waals surface area (Å²) in [7, 11) is 0. The van der Waals surface area contributed by atoms with Gasteiger partial charge in [-0.3, -0.25) is 4.79 Å². The van der Waals surface area contributed by atoms with Crippen molar-refractivity contribution in [2.75, 3.05) is 24.8 Å². The molecule has 0 spiro atoms. The van der Waals surface area contributed by atoms with Gasteiger partial charge in [-0.1, -0.05) is 30.0 Å². The van der Waals surface area contributed by atoms with E-state index in [2.05, 4.69) is 10.2 Å². The Hall–Kier alpha value is -2.72. The van der Waals surface area contributed by atoms with Gasteiger partial charge in [0.2, 0.25) is 18.6 Å². The minimum absolute atomic E-state index is 0.0962. The van der Waals surface area contributed by atoms with Crippen LogP contribution in [0.3, 0.4) is 0 Å². The molecule has 2 aromatic carbocycles. The van der Waals surface area contributed by atoms with Gasteiger partial charge in [-0.25, -0.2) is 4.39 Å². The van der Waals surface area contributed by atoms with E-state index in [0.29, 0.717) is 40.3 Å². The lowest BCUT2D eigenvalue weighted by Gasteiger charge is -2.24. The first-order valence-electron chi connectivity index (χ1n) is 9.21. The summed E-state index contributed by atoms with van der Waals surface area (Å²) in [4.78, 5) is 14.5. The summed E-state index contributed by atoms with van der Waals surface area (Å²) in [6.07, 6.45) is 0. The molecule has 7 nitrogen and oxygen atoms in total. The molecule has 0 radical (unpaired) electrons. The second-order valence-corrected chi connectivity index (χ2v) is 8.68. The summed E-state index contributed by atoms with van der Waals surface area (Å²) >= 11 is 2.73. The predicted molar refractivity (Wildman–Crippen MR) is 110 cm³/mol. The molecule has 2 aliphatic heterocycles. The van der Waals surface area contributed by atoms with E-state index in [-0.39, 0.29) is 29.6 Å². The predicted octanol–water partition coefficient (Wildman–Crippen LogP) is 3.97. The zero-order chi connectivity index (χ0) is 20.5. The summed E-state index contributed by atoms with van der Waals surface area (Å²) in [5.41, 5.74) is 1.24. The van der Waals surface area contributed by atoms with Crippen LogP contribution in [0.5, 0.6) is 11.5 Å². The van der Waals surface area contributed by atoms with Gasteiger partial charge in [-0.15, -0.1) is 22.0 Å². The van der Waals surface area contributed by atoms with Gasteiger partial charge < -0.3 is 18.8 Å². The summed E-state index contributed by atoms with van der Waals surface area (Å²) in [5.74, 6) is 2.14. The van der Waals surface area contributed by atoms with Crippen molar-refractivity contribution in [2.45, 2.75) is 10.6 Å². The lowest BCUT2D eigenvalue weighted by molar-refractivity contribution is -0.128. The molecule has 30 heavy (non-hydrogen) atoms. The van der Waals surface area contributed by atoms with Crippen molar-refractivity contribution in [2.24, 2.45) is 0 Å². The van der Waals surface area contributed by atoms with Crippen LogP contribution in [0.15, 0.2) is 52.1 Å². The maximum absolute atomic E-state index is 14.2. The van der Waals surface area contributed by atoms with Crippen LogP contribution >= 0.6 is 23.5 Å². The number of rotatable bonds is 5. The highest BCUT2D eigenvalue weighted by Crippen LogP contribution is 2.40. The minimum Gasteiger partial charge on any atom is -0.454 e. The Morgan fingerprint density at radius 1 is 1.20 bits per heavy atom. The Kier molecular flexibility index (Phi) is 5.26. The summed E-state index contributed by atoms with van der Waals surface area (Å²) in [5, 5.41) is 8.05. The molecule has 5 rings (SSSR count). The Morgan fingerprint density at radius 3 is 2.97 bits per heavy atom. The Bertz CT molecular complexity index is 1090. The van der Waals surface area contributed by atoms with E-state index in [1.165, 1.54) is 17.8 Å². The lowest BCUT2D eigenvalue weighted by atomic mass is 10.2. The van der Waals surface area contributed by atoms with Gasteiger partial charge in [-0.05, 0) is 24.3 Å². The summed E-state index contributed by atoms with van der Waals surface area (Å²) in [6, 6.07) is 11.9. The number of aromatic nitrogens is 2. The second-order valence-electron chi connectivity index (χ2n) is 6.56. The number of hydrogen-bond acceptors (Lipinski definition) is 8. The molecule has 1 saturated heterocycles. The molecule has 1 aromatic heterocycles. The zero-order valence-corrected chi connectivity index (χ0v) is 17.2. The highest BCUT2D eigenvalue weighted by atomic mass is 32.2. The third-order valence-corrected chi connectivity index (χ3v) is 6.77. The fourth-order valence-electron chi connectivity index (χ4n) is 3.28. The third kappa shape index (κ3) is 3.72. The van der Waals surface area contributed by atoms with Crippen LogP contribution in [0.4, 0.5) is 4.39 Å². The maximum atomic E-state index is 14.2. The number of ether oxygens (including phenoxy) is 2. The van der Waals surface area contributed by atoms with E-state index in [4.69, 9.17) is 13.9 Å². The van der Waals surface area contributed by atoms with Gasteiger partial charge in [0.25, 0.3) is 5.22 Å². The van der Waals surface area contributed by atoms with Gasteiger partial charge in [0, 0.05) is 23.4 Å². The molecular formula is C20H16FN3O4S2. The van der Waals surface area contributed by atoms with Crippen LogP contribution in [0.25, 0.3) is 11.5 Å². The summed E-state index contributed by atoms with van der Waals surface area (Å²) < 4.78 is 30.5. The monoisotopic (exact) mass is 445 g/mol. The van der Waals surface area contributed by atoms with Crippen molar-refractivity contribution >= 4 is 29.4 Å². The van der Waals surface area contributed by atoms with Crippen molar-refractivity contribution < 1.29 is 23.1 Å². The number of fused-ring (bicyclic) bond motifs is 1. The molecule has 2 aliphatic rings. The SMILES string of the molecule is O=C(CSc1nnc(-c2ccc3c(c2)OCO3)o1)N1CCSC1c1ccccc1F. The molecular weight excluding hydrogens is 429 g/mol. The number of thioether (sulfide) groups is 2. The first kappa shape index (κ1) is 19.3. The second kappa shape index (κ2) is 8.19. The molecule has 3 heterocycles. The van der Waals surface area contributed by atoms with E-state index < -0.39 is 0 Å². The van der Waals surface area contributed by atoms with Crippen molar-refractivity contribution in [3.8, 4) is 23.0 Å². The first-order valence-corrected chi connectivity index (χ1v) is 11.2. The topological polar surface area (TPSA) is 77.7 Å². The van der Waals surface area contributed by atoms with Crippen molar-refractivity contribution in [3.63, 3.8) is 0 Å². The van der Waals surface area contributed by atoms with Crippen molar-refractivity contribution in [1.29, 1.82) is 0 Å². The number of carbonyl (C=O) groups is 1. The Balaban J connectivity index is 1.24. The number of nitrogens with zero attached hydrogens (tertiary/aromatic N) is 3. The third-order valence-electron chi connectivity index (χ3n) is 4.73. The molecule has 0 saturated carbocycles. The van der Waals surface area contributed by atoms with E-state index >= 15 is 0 Å². The van der Waals surface area contributed by atoms with Crippen LogP contribution in [-0.4, -0.2) is 45.8 Å². The average molecular weight is 445 g/mol. The highest BCUT2D eigenvalue weighted by molar-refractivity contribution is 8.00. The largest absolute Gasteiger partial charge is 0.454 e. The van der Waals surface area contributed by atoms with Crippen LogP contribution in [0.1, 0.15) is 10.9 Å². The van der Waals surface area contributed by atoms with Gasteiger partial charge in [0.15, 0.2) is 11.5 Å². The number of halogens is 1. The van der Waals surface area contributed by atoms with Crippen molar-refractivity contribution in [1.82, 2.24) is 15.1 Å². The molecule has 10 heteroatoms. The first-order chi connectivity index (χ1) is 14.7. The van der Waals surface area contributed by atoms with Crippen LogP contribution in [0.2, 0.25) is 0 Å². The molecule has 1 amide bonds. The number of carbonyl (C=O) groups excluding carboxylic acids is 1. The fourth-order valence-corrected chi connectivity index (χ4v) is 5.23. The Labute approximate surface area is 179 Å². The standard InChI is InChI=1S/C20H16FN3O4S2/c21-14-4-2-1-3-13(14)19-24(7-8-29-19)17(25)10-30-20-23-22-18(28-20)12-5-6-15-16(9-12)27-11-26-15/h1-6,9,19H,7-8,10-11H2. The average Bonchev–Trinajstić information content (AvgIpc) is 3.52. The van der Waals surface area contributed by atoms with Crippen molar-refractivity contribution in [3.05, 3.63) is 53.8 Å². The molecule has 0 N–H and O–H groups in total. The molecule has 1 unspecified atom stereocenters. The number of benzene rings is 2. The number of hydrogen-bond donors (Lipinski definition) is 0. The molecule has 1 atom stereocenters. The van der Waals surface area contributed by atoms with Crippen LogP contribution in [0, 0.1) is 5.82 Å². The quantitative estimate of drug-likeness (QED) is 0.546. The fraction of sp³-hybridized carbons (Fsp3) is 0.250. The van der Waals surface area contributed by atoms with E-state index in [1.807, 2.05) is 0 Å². The normalized spacial score (nSPS) is 17.5. The molecule has 154 valence electrons. The van der Waals surface area contributed by atoms with E-state index in [1.54, 1.807) is 53.1 Å². The van der Waals surface area contributed by atoms with Gasteiger partial charge in [0.05, 0.1) is 5.75 Å². The molecule has 3 aromatic rings. The molecule has 0 aliphatic carbocycles. The lowest BCUT2D eigenvalue weighted by Crippen LogP contribution is -2.32. The van der Waals surface area contributed by atoms with E-state index in [9.17, 15) is 9.18 Å². The van der Waals surface area contributed by atoms with E-state index in [0.717, 1.165) is 5.75 Å².